The number of carbonyl (C=O) groups is 1. The monoisotopic (exact) mass is 277 g/mol. The zero-order chi connectivity index (χ0) is 12.1. The van der Waals surface area contributed by atoms with E-state index < -0.39 is 0 Å². The number of carbonyl (C=O) groups excluding carboxylic acids is 1. The highest BCUT2D eigenvalue weighted by Crippen LogP contribution is 2.21. The third kappa shape index (κ3) is 4.44. The molecule has 0 atom stereocenters. The molecule has 0 aliphatic rings. The molecule has 1 rings (SSSR count). The zero-order valence-electron chi connectivity index (χ0n) is 8.40. The van der Waals surface area contributed by atoms with Crippen LogP contribution in [0, 0.1) is 0 Å². The van der Waals surface area contributed by atoms with E-state index in [9.17, 15) is 4.79 Å². The van der Waals surface area contributed by atoms with E-state index in [-0.39, 0.29) is 18.9 Å². The number of amides is 1. The maximum absolute atomic E-state index is 11.5. The second-order valence-corrected chi connectivity index (χ2v) is 4.58. The standard InChI is InChI=1S/C11H10Cl3NO/c1-7(12)6-15-11(16)4-8-2-3-9(13)5-10(8)14/h2-3,5H,1,4,6H2,(H,15,16). The predicted molar refractivity (Wildman–Crippen MR) is 68.2 cm³/mol. The van der Waals surface area contributed by atoms with Crippen LogP contribution in [-0.2, 0) is 11.2 Å². The van der Waals surface area contributed by atoms with Gasteiger partial charge in [-0.2, -0.15) is 0 Å². The average molecular weight is 279 g/mol. The summed E-state index contributed by atoms with van der Waals surface area (Å²) in [6.45, 7) is 3.73. The molecule has 1 aromatic carbocycles. The van der Waals surface area contributed by atoms with E-state index in [0.29, 0.717) is 15.1 Å². The molecule has 5 heteroatoms. The van der Waals surface area contributed by atoms with Gasteiger partial charge in [0.15, 0.2) is 0 Å². The molecule has 0 unspecified atom stereocenters. The Balaban J connectivity index is 2.59. The van der Waals surface area contributed by atoms with Crippen molar-refractivity contribution in [3.05, 3.63) is 45.4 Å². The van der Waals surface area contributed by atoms with Gasteiger partial charge in [-0.3, -0.25) is 4.79 Å². The quantitative estimate of drug-likeness (QED) is 0.898. The summed E-state index contributed by atoms with van der Waals surface area (Å²) in [7, 11) is 0. The van der Waals surface area contributed by atoms with Crippen LogP contribution in [-0.4, -0.2) is 12.5 Å². The van der Waals surface area contributed by atoms with E-state index in [4.69, 9.17) is 34.8 Å². The number of nitrogens with one attached hydrogen (secondary N) is 1. The van der Waals surface area contributed by atoms with Gasteiger partial charge in [0, 0.05) is 15.1 Å². The van der Waals surface area contributed by atoms with E-state index in [1.807, 2.05) is 0 Å². The van der Waals surface area contributed by atoms with Crippen molar-refractivity contribution in [2.45, 2.75) is 6.42 Å². The molecule has 0 saturated carbocycles. The third-order valence-corrected chi connectivity index (χ3v) is 2.56. The van der Waals surface area contributed by atoms with Crippen molar-refractivity contribution in [1.82, 2.24) is 5.32 Å². The molecular formula is C11H10Cl3NO. The van der Waals surface area contributed by atoms with Crippen LogP contribution in [0.2, 0.25) is 10.0 Å². The minimum absolute atomic E-state index is 0.161. The summed E-state index contributed by atoms with van der Waals surface area (Å²) in [5.41, 5.74) is 0.726. The Labute approximate surface area is 109 Å². The molecule has 0 spiro atoms. The Morgan fingerprint density at radius 1 is 1.38 bits per heavy atom. The van der Waals surface area contributed by atoms with Crippen LogP contribution >= 0.6 is 34.8 Å². The average Bonchev–Trinajstić information content (AvgIpc) is 2.19. The van der Waals surface area contributed by atoms with Gasteiger partial charge in [-0.1, -0.05) is 47.4 Å². The summed E-state index contributed by atoms with van der Waals surface area (Å²) >= 11 is 17.2. The lowest BCUT2D eigenvalue weighted by Crippen LogP contribution is -2.26. The van der Waals surface area contributed by atoms with Crippen LogP contribution in [0.4, 0.5) is 0 Å². The molecule has 16 heavy (non-hydrogen) atoms. The van der Waals surface area contributed by atoms with E-state index >= 15 is 0 Å². The van der Waals surface area contributed by atoms with Crippen LogP contribution in [0.15, 0.2) is 29.8 Å². The number of hydrogen-bond donors (Lipinski definition) is 1. The first-order valence-electron chi connectivity index (χ1n) is 4.53. The molecule has 0 aliphatic carbocycles. The van der Waals surface area contributed by atoms with Gasteiger partial charge >= 0.3 is 0 Å². The predicted octanol–water partition coefficient (Wildman–Crippen LogP) is 3.40. The second kappa shape index (κ2) is 6.14. The molecule has 0 heterocycles. The van der Waals surface area contributed by atoms with E-state index in [1.54, 1.807) is 18.2 Å². The molecule has 0 saturated heterocycles. The Morgan fingerprint density at radius 3 is 2.62 bits per heavy atom. The summed E-state index contributed by atoms with van der Waals surface area (Å²) in [6, 6.07) is 5.02. The van der Waals surface area contributed by atoms with Gasteiger partial charge in [-0.25, -0.2) is 0 Å². The number of hydrogen-bond acceptors (Lipinski definition) is 1. The lowest BCUT2D eigenvalue weighted by atomic mass is 10.1. The van der Waals surface area contributed by atoms with Gasteiger partial charge < -0.3 is 5.32 Å². The Hall–Kier alpha value is -0.700. The second-order valence-electron chi connectivity index (χ2n) is 3.21. The van der Waals surface area contributed by atoms with E-state index in [0.717, 1.165) is 5.56 Å². The molecule has 0 aromatic heterocycles. The molecule has 0 fully saturated rings. The highest BCUT2D eigenvalue weighted by molar-refractivity contribution is 6.35. The van der Waals surface area contributed by atoms with Crippen molar-refractivity contribution in [1.29, 1.82) is 0 Å². The number of halogens is 3. The van der Waals surface area contributed by atoms with E-state index in [1.165, 1.54) is 0 Å². The van der Waals surface area contributed by atoms with Gasteiger partial charge in [-0.15, -0.1) is 0 Å². The zero-order valence-corrected chi connectivity index (χ0v) is 10.7. The maximum atomic E-state index is 11.5. The van der Waals surface area contributed by atoms with Gasteiger partial charge in [0.2, 0.25) is 5.91 Å². The first-order valence-corrected chi connectivity index (χ1v) is 5.66. The first-order chi connectivity index (χ1) is 7.49. The molecule has 0 aliphatic heterocycles. The highest BCUT2D eigenvalue weighted by Gasteiger charge is 2.07. The summed E-state index contributed by atoms with van der Waals surface area (Å²) < 4.78 is 0. The highest BCUT2D eigenvalue weighted by atomic mass is 35.5. The first kappa shape index (κ1) is 13.4. The minimum atomic E-state index is -0.161. The fourth-order valence-electron chi connectivity index (χ4n) is 1.10. The molecule has 1 N–H and O–H groups in total. The lowest BCUT2D eigenvalue weighted by Gasteiger charge is -2.05. The molecular weight excluding hydrogens is 268 g/mol. The Morgan fingerprint density at radius 2 is 2.06 bits per heavy atom. The van der Waals surface area contributed by atoms with Crippen LogP contribution < -0.4 is 5.32 Å². The topological polar surface area (TPSA) is 29.1 Å². The third-order valence-electron chi connectivity index (χ3n) is 1.84. The van der Waals surface area contributed by atoms with Crippen LogP contribution in [0.3, 0.4) is 0 Å². The van der Waals surface area contributed by atoms with Crippen molar-refractivity contribution in [3.8, 4) is 0 Å². The SMILES string of the molecule is C=C(Cl)CNC(=O)Cc1ccc(Cl)cc1Cl. The van der Waals surface area contributed by atoms with Crippen molar-refractivity contribution >= 4 is 40.7 Å². The van der Waals surface area contributed by atoms with Crippen molar-refractivity contribution in [2.75, 3.05) is 6.54 Å². The van der Waals surface area contributed by atoms with Gasteiger partial charge in [0.1, 0.15) is 0 Å². The number of rotatable bonds is 4. The number of benzene rings is 1. The summed E-state index contributed by atoms with van der Waals surface area (Å²) in [5.74, 6) is -0.161. The van der Waals surface area contributed by atoms with Crippen molar-refractivity contribution < 1.29 is 4.79 Å². The fourth-order valence-corrected chi connectivity index (χ4v) is 1.64. The maximum Gasteiger partial charge on any atom is 0.224 e. The van der Waals surface area contributed by atoms with Crippen LogP contribution in [0.5, 0.6) is 0 Å². The molecule has 86 valence electrons. The summed E-state index contributed by atoms with van der Waals surface area (Å²) in [6.07, 6.45) is 0.195. The van der Waals surface area contributed by atoms with Crippen LogP contribution in [0.1, 0.15) is 5.56 Å². The minimum Gasteiger partial charge on any atom is -0.351 e. The van der Waals surface area contributed by atoms with Crippen LogP contribution in [0.25, 0.3) is 0 Å². The van der Waals surface area contributed by atoms with Gasteiger partial charge in [-0.05, 0) is 17.7 Å². The fraction of sp³-hybridized carbons (Fsp3) is 0.182. The van der Waals surface area contributed by atoms with Gasteiger partial charge in [0.25, 0.3) is 0 Å². The van der Waals surface area contributed by atoms with Gasteiger partial charge in [0.05, 0.1) is 13.0 Å². The Bertz CT molecular complexity index is 418. The van der Waals surface area contributed by atoms with Crippen molar-refractivity contribution in [2.24, 2.45) is 0 Å². The summed E-state index contributed by atoms with van der Waals surface area (Å²) in [5, 5.41) is 4.02. The summed E-state index contributed by atoms with van der Waals surface area (Å²) in [4.78, 5) is 11.5. The molecule has 1 aromatic rings. The molecule has 2 nitrogen and oxygen atoms in total. The molecule has 0 bridgehead atoms. The Kier molecular flexibility index (Phi) is 5.13. The lowest BCUT2D eigenvalue weighted by molar-refractivity contribution is -0.120. The molecule has 0 radical (unpaired) electrons. The normalized spacial score (nSPS) is 9.94. The molecule has 1 amide bonds. The van der Waals surface area contributed by atoms with E-state index in [2.05, 4.69) is 11.9 Å². The smallest absolute Gasteiger partial charge is 0.224 e. The van der Waals surface area contributed by atoms with Crippen molar-refractivity contribution in [3.63, 3.8) is 0 Å². The largest absolute Gasteiger partial charge is 0.351 e.